The van der Waals surface area contributed by atoms with Gasteiger partial charge in [0.05, 0.1) is 25.6 Å². The highest BCUT2D eigenvalue weighted by Gasteiger charge is 2.11. The molecular weight excluding hydrogens is 394 g/mol. The van der Waals surface area contributed by atoms with Crippen molar-refractivity contribution in [1.82, 2.24) is 4.68 Å². The number of ether oxygens (including phenoxy) is 1. The SMILES string of the molecule is C=CCN=c1scc(-c2cccc3ccccc23)n1N=Cc1ccc(O)c(OC)c1. The van der Waals surface area contributed by atoms with Gasteiger partial charge in [0.15, 0.2) is 11.5 Å². The number of phenolic OH excluding ortho intramolecular Hbond substituents is 1. The number of aromatic nitrogens is 1. The number of fused-ring (bicyclic) bond motifs is 1. The Hall–Kier alpha value is -3.64. The van der Waals surface area contributed by atoms with Gasteiger partial charge in [0.1, 0.15) is 0 Å². The molecule has 4 aromatic rings. The van der Waals surface area contributed by atoms with Gasteiger partial charge in [0, 0.05) is 10.9 Å². The Balaban J connectivity index is 1.86. The topological polar surface area (TPSA) is 59.1 Å². The van der Waals surface area contributed by atoms with Crippen LogP contribution in [0.5, 0.6) is 11.5 Å². The van der Waals surface area contributed by atoms with Gasteiger partial charge < -0.3 is 9.84 Å². The van der Waals surface area contributed by atoms with E-state index in [0.29, 0.717) is 12.3 Å². The summed E-state index contributed by atoms with van der Waals surface area (Å²) in [6.07, 6.45) is 3.49. The third-order valence-corrected chi connectivity index (χ3v) is 5.49. The number of methoxy groups -OCH3 is 1. The number of benzene rings is 3. The van der Waals surface area contributed by atoms with E-state index >= 15 is 0 Å². The van der Waals surface area contributed by atoms with Gasteiger partial charge in [-0.2, -0.15) is 5.10 Å². The number of hydrogen-bond donors (Lipinski definition) is 1. The fraction of sp³-hybridized carbons (Fsp3) is 0.0833. The third-order valence-electron chi connectivity index (χ3n) is 4.63. The summed E-state index contributed by atoms with van der Waals surface area (Å²) in [6, 6.07) is 19.7. The minimum atomic E-state index is 0.0935. The average Bonchev–Trinajstić information content (AvgIpc) is 3.19. The molecule has 0 fully saturated rings. The molecule has 0 aliphatic carbocycles. The van der Waals surface area contributed by atoms with Gasteiger partial charge in [0.25, 0.3) is 0 Å². The molecule has 4 rings (SSSR count). The smallest absolute Gasteiger partial charge is 0.206 e. The van der Waals surface area contributed by atoms with Crippen LogP contribution in [0.15, 0.2) is 88.8 Å². The molecule has 0 saturated carbocycles. The lowest BCUT2D eigenvalue weighted by atomic mass is 10.0. The highest BCUT2D eigenvalue weighted by atomic mass is 32.1. The van der Waals surface area contributed by atoms with Crippen LogP contribution in [-0.2, 0) is 0 Å². The Morgan fingerprint density at radius 1 is 1.13 bits per heavy atom. The lowest BCUT2D eigenvalue weighted by Crippen LogP contribution is -2.12. The van der Waals surface area contributed by atoms with E-state index in [2.05, 4.69) is 47.3 Å². The van der Waals surface area contributed by atoms with Gasteiger partial charge in [-0.15, -0.1) is 17.9 Å². The first-order chi connectivity index (χ1) is 14.7. The molecule has 30 heavy (non-hydrogen) atoms. The van der Waals surface area contributed by atoms with Gasteiger partial charge in [0.2, 0.25) is 4.80 Å². The predicted octanol–water partition coefficient (Wildman–Crippen LogP) is 5.05. The first kappa shape index (κ1) is 19.7. The number of nitrogens with zero attached hydrogens (tertiary/aromatic N) is 3. The van der Waals surface area contributed by atoms with E-state index in [1.807, 2.05) is 16.8 Å². The van der Waals surface area contributed by atoms with Crippen molar-refractivity contribution in [3.05, 3.63) is 89.1 Å². The van der Waals surface area contributed by atoms with Crippen LogP contribution >= 0.6 is 11.3 Å². The summed E-state index contributed by atoms with van der Waals surface area (Å²) in [5, 5.41) is 18.9. The second-order valence-electron chi connectivity index (χ2n) is 6.55. The van der Waals surface area contributed by atoms with Crippen molar-refractivity contribution in [1.29, 1.82) is 0 Å². The molecule has 0 aliphatic rings. The minimum Gasteiger partial charge on any atom is -0.504 e. The van der Waals surface area contributed by atoms with Crippen molar-refractivity contribution in [3.8, 4) is 22.8 Å². The van der Waals surface area contributed by atoms with E-state index in [1.54, 1.807) is 30.5 Å². The zero-order valence-corrected chi connectivity index (χ0v) is 17.3. The van der Waals surface area contributed by atoms with Crippen molar-refractivity contribution in [2.45, 2.75) is 0 Å². The van der Waals surface area contributed by atoms with Crippen LogP contribution in [0.1, 0.15) is 5.56 Å². The maximum Gasteiger partial charge on any atom is 0.206 e. The molecule has 1 N–H and O–H groups in total. The van der Waals surface area contributed by atoms with E-state index in [1.165, 1.54) is 23.8 Å². The predicted molar refractivity (Wildman–Crippen MR) is 124 cm³/mol. The maximum absolute atomic E-state index is 9.82. The molecular formula is C24H21N3O2S. The van der Waals surface area contributed by atoms with E-state index in [4.69, 9.17) is 9.84 Å². The average molecular weight is 416 g/mol. The number of thiazole rings is 1. The molecule has 5 nitrogen and oxygen atoms in total. The van der Waals surface area contributed by atoms with Crippen LogP contribution in [0.4, 0.5) is 0 Å². The maximum atomic E-state index is 9.82. The summed E-state index contributed by atoms with van der Waals surface area (Å²) >= 11 is 1.53. The number of rotatable bonds is 6. The molecule has 0 aliphatic heterocycles. The monoisotopic (exact) mass is 415 g/mol. The number of phenols is 1. The quantitative estimate of drug-likeness (QED) is 0.354. The Morgan fingerprint density at radius 3 is 2.80 bits per heavy atom. The van der Waals surface area contributed by atoms with E-state index in [0.717, 1.165) is 27.0 Å². The summed E-state index contributed by atoms with van der Waals surface area (Å²) in [7, 11) is 1.52. The zero-order chi connectivity index (χ0) is 20.9. The van der Waals surface area contributed by atoms with Crippen molar-refractivity contribution < 1.29 is 9.84 Å². The van der Waals surface area contributed by atoms with Crippen LogP contribution in [0.25, 0.3) is 22.0 Å². The summed E-state index contributed by atoms with van der Waals surface area (Å²) < 4.78 is 7.04. The fourth-order valence-electron chi connectivity index (χ4n) is 3.20. The Morgan fingerprint density at radius 2 is 1.97 bits per heavy atom. The molecule has 0 unspecified atom stereocenters. The normalized spacial score (nSPS) is 12.0. The Bertz CT molecular complexity index is 1300. The van der Waals surface area contributed by atoms with E-state index in [-0.39, 0.29) is 5.75 Å². The molecule has 1 aromatic heterocycles. The zero-order valence-electron chi connectivity index (χ0n) is 16.5. The van der Waals surface area contributed by atoms with Crippen LogP contribution in [0, 0.1) is 0 Å². The van der Waals surface area contributed by atoms with Crippen LogP contribution in [0.3, 0.4) is 0 Å². The van der Waals surface area contributed by atoms with Gasteiger partial charge in [-0.3, -0.25) is 4.99 Å². The molecule has 0 radical (unpaired) electrons. The number of aromatic hydroxyl groups is 1. The van der Waals surface area contributed by atoms with E-state index < -0.39 is 0 Å². The highest BCUT2D eigenvalue weighted by molar-refractivity contribution is 7.07. The van der Waals surface area contributed by atoms with Gasteiger partial charge >= 0.3 is 0 Å². The van der Waals surface area contributed by atoms with Gasteiger partial charge in [-0.25, -0.2) is 4.68 Å². The lowest BCUT2D eigenvalue weighted by Gasteiger charge is -2.08. The van der Waals surface area contributed by atoms with Crippen LogP contribution in [0.2, 0.25) is 0 Å². The Kier molecular flexibility index (Phi) is 5.77. The van der Waals surface area contributed by atoms with Crippen molar-refractivity contribution in [3.63, 3.8) is 0 Å². The lowest BCUT2D eigenvalue weighted by molar-refractivity contribution is 0.373. The standard InChI is InChI=1S/C24H21N3O2S/c1-3-13-25-24-27(26-15-17-11-12-22(28)23(14-17)29-2)21(16-30-24)20-10-6-8-18-7-4-5-9-19(18)20/h3-12,14-16,28H,1,13H2,2H3. The molecule has 0 amide bonds. The van der Waals surface area contributed by atoms with Crippen LogP contribution in [-0.4, -0.2) is 29.7 Å². The largest absolute Gasteiger partial charge is 0.504 e. The molecule has 3 aromatic carbocycles. The fourth-order valence-corrected chi connectivity index (χ4v) is 4.03. The second kappa shape index (κ2) is 8.80. The molecule has 1 heterocycles. The van der Waals surface area contributed by atoms with Crippen LogP contribution < -0.4 is 9.54 Å². The molecule has 0 saturated heterocycles. The second-order valence-corrected chi connectivity index (χ2v) is 7.38. The summed E-state index contributed by atoms with van der Waals surface area (Å²) in [5.41, 5.74) is 2.85. The first-order valence-corrected chi connectivity index (χ1v) is 10.3. The third kappa shape index (κ3) is 3.90. The van der Waals surface area contributed by atoms with Crippen molar-refractivity contribution >= 4 is 28.3 Å². The summed E-state index contributed by atoms with van der Waals surface area (Å²) in [6.45, 7) is 4.27. The number of hydrogen-bond acceptors (Lipinski definition) is 5. The highest BCUT2D eigenvalue weighted by Crippen LogP contribution is 2.29. The Labute approximate surface area is 178 Å². The van der Waals surface area contributed by atoms with Crippen molar-refractivity contribution in [2.75, 3.05) is 13.7 Å². The molecule has 0 spiro atoms. The van der Waals surface area contributed by atoms with Gasteiger partial charge in [-0.05, 0) is 34.5 Å². The molecule has 150 valence electrons. The van der Waals surface area contributed by atoms with Crippen molar-refractivity contribution in [2.24, 2.45) is 10.1 Å². The summed E-state index contributed by atoms with van der Waals surface area (Å²) in [5.74, 6) is 0.496. The first-order valence-electron chi connectivity index (χ1n) is 9.42. The summed E-state index contributed by atoms with van der Waals surface area (Å²) in [4.78, 5) is 5.37. The molecule has 0 bridgehead atoms. The van der Waals surface area contributed by atoms with E-state index in [9.17, 15) is 5.11 Å². The minimum absolute atomic E-state index is 0.0935. The molecule has 0 atom stereocenters. The van der Waals surface area contributed by atoms with Gasteiger partial charge in [-0.1, -0.05) is 48.5 Å². The molecule has 6 heteroatoms.